The summed E-state index contributed by atoms with van der Waals surface area (Å²) in [5, 5.41) is 2.90. The van der Waals surface area contributed by atoms with Gasteiger partial charge in [0.1, 0.15) is 0 Å². The van der Waals surface area contributed by atoms with Gasteiger partial charge in [-0.15, -0.1) is 0 Å². The first-order valence-corrected chi connectivity index (χ1v) is 10.7. The third-order valence-corrected chi connectivity index (χ3v) is 6.01. The van der Waals surface area contributed by atoms with Gasteiger partial charge in [-0.05, 0) is 54.4 Å². The summed E-state index contributed by atoms with van der Waals surface area (Å²) in [5.74, 6) is 1.66. The van der Waals surface area contributed by atoms with Crippen molar-refractivity contribution in [3.05, 3.63) is 95.1 Å². The number of benzene rings is 3. The zero-order valence-electron chi connectivity index (χ0n) is 16.2. The molecule has 0 bridgehead atoms. The van der Waals surface area contributed by atoms with Crippen LogP contribution in [0, 0.1) is 6.92 Å². The fourth-order valence-electron chi connectivity index (χ4n) is 3.44. The van der Waals surface area contributed by atoms with E-state index in [1.165, 1.54) is 5.56 Å². The molecule has 2 amide bonds. The number of para-hydroxylation sites is 1. The lowest BCUT2D eigenvalue weighted by atomic mass is 10.1. The summed E-state index contributed by atoms with van der Waals surface area (Å²) in [5.41, 5.74) is 5.02. The summed E-state index contributed by atoms with van der Waals surface area (Å²) < 4.78 is 0. The van der Waals surface area contributed by atoms with E-state index in [1.54, 1.807) is 30.3 Å². The van der Waals surface area contributed by atoms with E-state index >= 15 is 0 Å². The number of thioether (sulfide) groups is 1. The van der Waals surface area contributed by atoms with E-state index in [9.17, 15) is 9.59 Å². The highest BCUT2D eigenvalue weighted by atomic mass is 32.2. The molecule has 1 aliphatic heterocycles. The van der Waals surface area contributed by atoms with E-state index < -0.39 is 0 Å². The van der Waals surface area contributed by atoms with Crippen LogP contribution < -0.4 is 10.2 Å². The molecule has 5 heteroatoms. The van der Waals surface area contributed by atoms with Gasteiger partial charge < -0.3 is 10.2 Å². The van der Waals surface area contributed by atoms with E-state index in [0.717, 1.165) is 22.8 Å². The Morgan fingerprint density at radius 1 is 0.931 bits per heavy atom. The Hall–Kier alpha value is -3.05. The minimum atomic E-state index is -0.152. The number of anilines is 2. The summed E-state index contributed by atoms with van der Waals surface area (Å²) in [6, 6.07) is 22.7. The third-order valence-electron chi connectivity index (χ3n) is 5.02. The van der Waals surface area contributed by atoms with Crippen LogP contribution in [-0.2, 0) is 5.75 Å². The van der Waals surface area contributed by atoms with Crippen molar-refractivity contribution in [2.75, 3.05) is 22.5 Å². The van der Waals surface area contributed by atoms with Gasteiger partial charge in [-0.25, -0.2) is 0 Å². The standard InChI is InChI=1S/C24H22N2O2S/c1-17-6-2-4-8-21(17)23(27)25-20-12-10-18(11-13-20)24(28)26-14-15-29-16-19-7-3-5-9-22(19)26/h2-13H,14-16H2,1H3,(H,25,27). The first-order valence-electron chi connectivity index (χ1n) is 9.58. The Morgan fingerprint density at radius 3 is 2.45 bits per heavy atom. The molecule has 0 aromatic heterocycles. The first-order chi connectivity index (χ1) is 14.1. The van der Waals surface area contributed by atoms with E-state index in [0.29, 0.717) is 23.4 Å². The van der Waals surface area contributed by atoms with Crippen molar-refractivity contribution < 1.29 is 9.59 Å². The van der Waals surface area contributed by atoms with Crippen molar-refractivity contribution in [3.63, 3.8) is 0 Å². The summed E-state index contributed by atoms with van der Waals surface area (Å²) in [7, 11) is 0. The third kappa shape index (κ3) is 4.20. The highest BCUT2D eigenvalue weighted by Crippen LogP contribution is 2.29. The highest BCUT2D eigenvalue weighted by molar-refractivity contribution is 7.98. The number of carbonyl (C=O) groups is 2. The molecule has 0 radical (unpaired) electrons. The van der Waals surface area contributed by atoms with Crippen LogP contribution in [0.1, 0.15) is 31.8 Å². The number of rotatable bonds is 3. The lowest BCUT2D eigenvalue weighted by Crippen LogP contribution is -2.32. The average Bonchev–Trinajstić information content (AvgIpc) is 2.96. The number of fused-ring (bicyclic) bond motifs is 1. The maximum atomic E-state index is 13.1. The van der Waals surface area contributed by atoms with Gasteiger partial charge in [0.15, 0.2) is 0 Å². The van der Waals surface area contributed by atoms with E-state index in [2.05, 4.69) is 11.4 Å². The molecule has 3 aromatic carbocycles. The smallest absolute Gasteiger partial charge is 0.258 e. The van der Waals surface area contributed by atoms with Crippen LogP contribution in [0.4, 0.5) is 11.4 Å². The SMILES string of the molecule is Cc1ccccc1C(=O)Nc1ccc(C(=O)N2CCSCc3ccccc32)cc1. The maximum Gasteiger partial charge on any atom is 0.258 e. The summed E-state index contributed by atoms with van der Waals surface area (Å²) in [4.78, 5) is 27.5. The van der Waals surface area contributed by atoms with E-state index in [-0.39, 0.29) is 11.8 Å². The Balaban J connectivity index is 1.51. The molecule has 0 aliphatic carbocycles. The van der Waals surface area contributed by atoms with Gasteiger partial charge in [-0.3, -0.25) is 9.59 Å². The lowest BCUT2D eigenvalue weighted by molar-refractivity contribution is 0.0987. The molecule has 0 saturated carbocycles. The molecular weight excluding hydrogens is 380 g/mol. The van der Waals surface area contributed by atoms with Crippen LogP contribution in [0.15, 0.2) is 72.8 Å². The largest absolute Gasteiger partial charge is 0.322 e. The van der Waals surface area contributed by atoms with Crippen LogP contribution in [-0.4, -0.2) is 24.1 Å². The Morgan fingerprint density at radius 2 is 1.66 bits per heavy atom. The molecule has 3 aromatic rings. The van der Waals surface area contributed by atoms with Gasteiger partial charge in [0.2, 0.25) is 0 Å². The second-order valence-corrected chi connectivity index (χ2v) is 8.09. The summed E-state index contributed by atoms with van der Waals surface area (Å²) in [6.45, 7) is 2.60. The predicted octanol–water partition coefficient (Wildman–Crippen LogP) is 5.14. The molecule has 4 nitrogen and oxygen atoms in total. The molecule has 0 unspecified atom stereocenters. The lowest BCUT2D eigenvalue weighted by Gasteiger charge is -2.22. The van der Waals surface area contributed by atoms with Crippen molar-refractivity contribution in [1.29, 1.82) is 0 Å². The van der Waals surface area contributed by atoms with E-state index in [4.69, 9.17) is 0 Å². The normalized spacial score (nSPS) is 13.3. The minimum absolute atomic E-state index is 0.0169. The topological polar surface area (TPSA) is 49.4 Å². The van der Waals surface area contributed by atoms with Crippen molar-refractivity contribution in [2.45, 2.75) is 12.7 Å². The molecule has 0 atom stereocenters. The Labute approximate surface area is 174 Å². The highest BCUT2D eigenvalue weighted by Gasteiger charge is 2.22. The molecule has 4 rings (SSSR count). The van der Waals surface area contributed by atoms with Crippen LogP contribution >= 0.6 is 11.8 Å². The summed E-state index contributed by atoms with van der Waals surface area (Å²) in [6.07, 6.45) is 0. The van der Waals surface area contributed by atoms with Crippen molar-refractivity contribution >= 4 is 35.0 Å². The fourth-order valence-corrected chi connectivity index (χ4v) is 4.36. The number of amides is 2. The molecule has 0 spiro atoms. The number of nitrogens with one attached hydrogen (secondary N) is 1. The van der Waals surface area contributed by atoms with Crippen LogP contribution in [0.3, 0.4) is 0 Å². The quantitative estimate of drug-likeness (QED) is 0.660. The second-order valence-electron chi connectivity index (χ2n) is 6.98. The van der Waals surface area contributed by atoms with Crippen LogP contribution in [0.5, 0.6) is 0 Å². The first kappa shape index (κ1) is 19.3. The Kier molecular flexibility index (Phi) is 5.67. The van der Waals surface area contributed by atoms with Gasteiger partial charge in [-0.2, -0.15) is 11.8 Å². The number of carbonyl (C=O) groups excluding carboxylic acids is 2. The number of hydrogen-bond donors (Lipinski definition) is 1. The maximum absolute atomic E-state index is 13.1. The monoisotopic (exact) mass is 402 g/mol. The second kappa shape index (κ2) is 8.53. The number of hydrogen-bond acceptors (Lipinski definition) is 3. The predicted molar refractivity (Wildman–Crippen MR) is 120 cm³/mol. The number of nitrogens with zero attached hydrogens (tertiary/aromatic N) is 1. The van der Waals surface area contributed by atoms with E-state index in [1.807, 2.05) is 60.0 Å². The summed E-state index contributed by atoms with van der Waals surface area (Å²) >= 11 is 1.84. The molecule has 1 heterocycles. The molecule has 146 valence electrons. The molecule has 1 N–H and O–H groups in total. The molecule has 0 fully saturated rings. The van der Waals surface area contributed by atoms with Gasteiger partial charge in [-0.1, -0.05) is 36.4 Å². The van der Waals surface area contributed by atoms with Gasteiger partial charge >= 0.3 is 0 Å². The zero-order chi connectivity index (χ0) is 20.2. The fraction of sp³-hybridized carbons (Fsp3) is 0.167. The van der Waals surface area contributed by atoms with Crippen LogP contribution in [0.2, 0.25) is 0 Å². The Bertz CT molecular complexity index is 1050. The molecule has 0 saturated heterocycles. The van der Waals surface area contributed by atoms with Crippen molar-refractivity contribution in [1.82, 2.24) is 0 Å². The molecule has 1 aliphatic rings. The molecular formula is C24H22N2O2S. The number of aryl methyl sites for hydroxylation is 1. The molecule has 29 heavy (non-hydrogen) atoms. The minimum Gasteiger partial charge on any atom is -0.322 e. The van der Waals surface area contributed by atoms with Gasteiger partial charge in [0.05, 0.1) is 0 Å². The van der Waals surface area contributed by atoms with Gasteiger partial charge in [0.25, 0.3) is 11.8 Å². The van der Waals surface area contributed by atoms with Crippen molar-refractivity contribution in [2.24, 2.45) is 0 Å². The zero-order valence-corrected chi connectivity index (χ0v) is 17.0. The van der Waals surface area contributed by atoms with Crippen molar-refractivity contribution in [3.8, 4) is 0 Å². The van der Waals surface area contributed by atoms with Crippen LogP contribution in [0.25, 0.3) is 0 Å². The average molecular weight is 403 g/mol. The van der Waals surface area contributed by atoms with Gasteiger partial charge in [0, 0.05) is 40.6 Å².